The molecule has 1 aliphatic heterocycles. The molecule has 1 aromatic rings. The van der Waals surface area contributed by atoms with Gasteiger partial charge in [-0.25, -0.2) is 4.79 Å². The SMILES string of the molecule is CNCC1CCCN1CC(=O)Nc1ccsc1C(=O)OC. The van der Waals surface area contributed by atoms with E-state index in [0.717, 1.165) is 25.9 Å². The summed E-state index contributed by atoms with van der Waals surface area (Å²) in [6.07, 6.45) is 2.23. The van der Waals surface area contributed by atoms with Crippen molar-refractivity contribution in [3.8, 4) is 0 Å². The van der Waals surface area contributed by atoms with E-state index in [4.69, 9.17) is 4.74 Å². The molecular weight excluding hydrogens is 290 g/mol. The monoisotopic (exact) mass is 311 g/mol. The summed E-state index contributed by atoms with van der Waals surface area (Å²) < 4.78 is 4.70. The van der Waals surface area contributed by atoms with Crippen LogP contribution in [0.1, 0.15) is 22.5 Å². The maximum absolute atomic E-state index is 12.2. The normalized spacial score (nSPS) is 18.7. The molecule has 0 aromatic carbocycles. The van der Waals surface area contributed by atoms with Gasteiger partial charge in [0.25, 0.3) is 0 Å². The van der Waals surface area contributed by atoms with Crippen molar-refractivity contribution in [2.75, 3.05) is 39.1 Å². The van der Waals surface area contributed by atoms with Crippen molar-refractivity contribution in [3.63, 3.8) is 0 Å². The highest BCUT2D eigenvalue weighted by molar-refractivity contribution is 7.12. The van der Waals surface area contributed by atoms with Crippen LogP contribution in [0.25, 0.3) is 0 Å². The van der Waals surface area contributed by atoms with Gasteiger partial charge in [0, 0.05) is 12.6 Å². The number of likely N-dealkylation sites (tertiary alicyclic amines) is 1. The number of carbonyl (C=O) groups excluding carboxylic acids is 2. The van der Waals surface area contributed by atoms with Gasteiger partial charge in [0.1, 0.15) is 4.88 Å². The first kappa shape index (κ1) is 15.9. The Hall–Kier alpha value is -1.44. The minimum atomic E-state index is -0.422. The Morgan fingerprint density at radius 3 is 3.05 bits per heavy atom. The number of amides is 1. The molecule has 0 aliphatic carbocycles. The van der Waals surface area contributed by atoms with Crippen molar-refractivity contribution in [3.05, 3.63) is 16.3 Å². The summed E-state index contributed by atoms with van der Waals surface area (Å²) in [5, 5.41) is 7.73. The van der Waals surface area contributed by atoms with Gasteiger partial charge in [0.05, 0.1) is 19.3 Å². The summed E-state index contributed by atoms with van der Waals surface area (Å²) in [6, 6.07) is 2.13. The third-order valence-electron chi connectivity index (χ3n) is 3.60. The van der Waals surface area contributed by atoms with Gasteiger partial charge in [-0.05, 0) is 37.9 Å². The summed E-state index contributed by atoms with van der Waals surface area (Å²) in [4.78, 5) is 26.3. The van der Waals surface area contributed by atoms with Gasteiger partial charge in [0.15, 0.2) is 0 Å². The van der Waals surface area contributed by atoms with Crippen molar-refractivity contribution in [2.24, 2.45) is 0 Å². The fraction of sp³-hybridized carbons (Fsp3) is 0.571. The van der Waals surface area contributed by atoms with E-state index in [2.05, 4.69) is 15.5 Å². The quantitative estimate of drug-likeness (QED) is 0.772. The molecule has 2 N–H and O–H groups in total. The summed E-state index contributed by atoms with van der Waals surface area (Å²) in [5.74, 6) is -0.518. The van der Waals surface area contributed by atoms with Crippen LogP contribution in [-0.4, -0.2) is 56.6 Å². The topological polar surface area (TPSA) is 70.7 Å². The van der Waals surface area contributed by atoms with Crippen LogP contribution >= 0.6 is 11.3 Å². The average Bonchev–Trinajstić information content (AvgIpc) is 3.08. The molecule has 7 heteroatoms. The number of likely N-dealkylation sites (N-methyl/N-ethyl adjacent to an activating group) is 1. The van der Waals surface area contributed by atoms with E-state index >= 15 is 0 Å². The fourth-order valence-corrected chi connectivity index (χ4v) is 3.37. The first-order chi connectivity index (χ1) is 10.2. The Labute approximate surface area is 128 Å². The summed E-state index contributed by atoms with van der Waals surface area (Å²) in [7, 11) is 3.25. The van der Waals surface area contributed by atoms with Crippen LogP contribution < -0.4 is 10.6 Å². The molecule has 1 aliphatic rings. The average molecular weight is 311 g/mol. The molecule has 1 fully saturated rings. The van der Waals surface area contributed by atoms with Crippen molar-refractivity contribution >= 4 is 28.9 Å². The molecule has 1 amide bonds. The van der Waals surface area contributed by atoms with Crippen molar-refractivity contribution in [1.82, 2.24) is 10.2 Å². The van der Waals surface area contributed by atoms with Gasteiger partial charge < -0.3 is 15.4 Å². The highest BCUT2D eigenvalue weighted by atomic mass is 32.1. The number of hydrogen-bond donors (Lipinski definition) is 2. The third kappa shape index (κ3) is 4.03. The van der Waals surface area contributed by atoms with E-state index in [1.807, 2.05) is 7.05 Å². The van der Waals surface area contributed by atoms with Gasteiger partial charge in [-0.3, -0.25) is 9.69 Å². The molecule has 0 bridgehead atoms. The predicted molar refractivity (Wildman–Crippen MR) is 82.8 cm³/mol. The lowest BCUT2D eigenvalue weighted by Crippen LogP contribution is -2.41. The van der Waals surface area contributed by atoms with E-state index in [9.17, 15) is 9.59 Å². The standard InChI is InChI=1S/C14H21N3O3S/c1-15-8-10-4-3-6-17(10)9-12(18)16-11-5-7-21-13(11)14(19)20-2/h5,7,10,15H,3-4,6,8-9H2,1-2H3,(H,16,18). The van der Waals surface area contributed by atoms with Gasteiger partial charge in [-0.2, -0.15) is 0 Å². The maximum atomic E-state index is 12.2. The van der Waals surface area contributed by atoms with Crippen LogP contribution in [0.5, 0.6) is 0 Å². The van der Waals surface area contributed by atoms with Gasteiger partial charge in [0.2, 0.25) is 5.91 Å². The first-order valence-corrected chi connectivity index (χ1v) is 7.88. The van der Waals surface area contributed by atoms with Crippen LogP contribution in [0.2, 0.25) is 0 Å². The van der Waals surface area contributed by atoms with Gasteiger partial charge in [-0.15, -0.1) is 11.3 Å². The van der Waals surface area contributed by atoms with Crippen LogP contribution in [0.3, 0.4) is 0 Å². The lowest BCUT2D eigenvalue weighted by atomic mass is 10.2. The smallest absolute Gasteiger partial charge is 0.350 e. The van der Waals surface area contributed by atoms with Crippen molar-refractivity contribution in [1.29, 1.82) is 0 Å². The largest absolute Gasteiger partial charge is 0.465 e. The zero-order valence-electron chi connectivity index (χ0n) is 12.3. The first-order valence-electron chi connectivity index (χ1n) is 7.00. The summed E-state index contributed by atoms with van der Waals surface area (Å²) in [5.41, 5.74) is 0.529. The van der Waals surface area contributed by atoms with Crippen molar-refractivity contribution in [2.45, 2.75) is 18.9 Å². The molecule has 1 unspecified atom stereocenters. The Morgan fingerprint density at radius 2 is 2.33 bits per heavy atom. The second-order valence-electron chi connectivity index (χ2n) is 5.03. The number of carbonyl (C=O) groups is 2. The molecule has 116 valence electrons. The van der Waals surface area contributed by atoms with E-state index in [-0.39, 0.29) is 5.91 Å². The number of rotatable bonds is 6. The Kier molecular flexibility index (Phi) is 5.72. The molecule has 6 nitrogen and oxygen atoms in total. The second kappa shape index (κ2) is 7.53. The predicted octanol–water partition coefficient (Wildman–Crippen LogP) is 1.16. The molecular formula is C14H21N3O3S. The molecule has 0 radical (unpaired) electrons. The molecule has 1 atom stereocenters. The number of esters is 1. The number of nitrogens with zero attached hydrogens (tertiary/aromatic N) is 1. The number of hydrogen-bond acceptors (Lipinski definition) is 6. The van der Waals surface area contributed by atoms with E-state index in [0.29, 0.717) is 23.2 Å². The van der Waals surface area contributed by atoms with E-state index in [1.54, 1.807) is 11.4 Å². The second-order valence-corrected chi connectivity index (χ2v) is 5.94. The minimum Gasteiger partial charge on any atom is -0.465 e. The van der Waals surface area contributed by atoms with Gasteiger partial charge in [-0.1, -0.05) is 0 Å². The highest BCUT2D eigenvalue weighted by Crippen LogP contribution is 2.23. The zero-order valence-corrected chi connectivity index (χ0v) is 13.2. The molecule has 2 heterocycles. The van der Waals surface area contributed by atoms with Crippen LogP contribution in [0, 0.1) is 0 Å². The molecule has 2 rings (SSSR count). The van der Waals surface area contributed by atoms with E-state index in [1.165, 1.54) is 18.4 Å². The summed E-state index contributed by atoms with van der Waals surface area (Å²) in [6.45, 7) is 2.18. The molecule has 21 heavy (non-hydrogen) atoms. The van der Waals surface area contributed by atoms with Crippen LogP contribution in [0.15, 0.2) is 11.4 Å². The maximum Gasteiger partial charge on any atom is 0.350 e. The minimum absolute atomic E-state index is 0.0958. The zero-order chi connectivity index (χ0) is 15.2. The molecule has 0 spiro atoms. The Balaban J connectivity index is 1.93. The number of methoxy groups -OCH3 is 1. The number of nitrogens with one attached hydrogen (secondary N) is 2. The molecule has 1 saturated heterocycles. The summed E-state index contributed by atoms with van der Waals surface area (Å²) >= 11 is 1.26. The lowest BCUT2D eigenvalue weighted by Gasteiger charge is -2.23. The number of anilines is 1. The van der Waals surface area contributed by atoms with Crippen LogP contribution in [-0.2, 0) is 9.53 Å². The highest BCUT2D eigenvalue weighted by Gasteiger charge is 2.26. The molecule has 1 aromatic heterocycles. The van der Waals surface area contributed by atoms with Gasteiger partial charge >= 0.3 is 5.97 Å². The fourth-order valence-electron chi connectivity index (χ4n) is 2.60. The number of ether oxygens (including phenoxy) is 1. The Bertz CT molecular complexity index is 503. The third-order valence-corrected chi connectivity index (χ3v) is 4.49. The lowest BCUT2D eigenvalue weighted by molar-refractivity contribution is -0.117. The van der Waals surface area contributed by atoms with Crippen molar-refractivity contribution < 1.29 is 14.3 Å². The Morgan fingerprint density at radius 1 is 1.52 bits per heavy atom. The van der Waals surface area contributed by atoms with Crippen LogP contribution in [0.4, 0.5) is 5.69 Å². The van der Waals surface area contributed by atoms with E-state index < -0.39 is 5.97 Å². The molecule has 0 saturated carbocycles. The number of thiophene rings is 1.